The molecule has 1 aromatic rings. The van der Waals surface area contributed by atoms with Crippen molar-refractivity contribution in [3.63, 3.8) is 0 Å². The standard InChI is InChI=1S/C11H11ClN2O2/c1-3-4-8(2)13-10-7-9(12)5-6-11(10)14(15)16/h1,5-8,13H,4H2,2H3. The van der Waals surface area contributed by atoms with Crippen molar-refractivity contribution in [2.75, 3.05) is 5.32 Å². The maximum Gasteiger partial charge on any atom is 0.292 e. The van der Waals surface area contributed by atoms with Crippen molar-refractivity contribution in [3.8, 4) is 12.3 Å². The summed E-state index contributed by atoms with van der Waals surface area (Å²) in [7, 11) is 0. The average Bonchev–Trinajstić information content (AvgIpc) is 2.17. The molecule has 0 aliphatic rings. The molecule has 0 spiro atoms. The van der Waals surface area contributed by atoms with Crippen molar-refractivity contribution in [3.05, 3.63) is 33.3 Å². The molecule has 0 aliphatic heterocycles. The number of halogens is 1. The van der Waals surface area contributed by atoms with Gasteiger partial charge in [-0.25, -0.2) is 0 Å². The number of benzene rings is 1. The van der Waals surface area contributed by atoms with Gasteiger partial charge in [0.2, 0.25) is 0 Å². The highest BCUT2D eigenvalue weighted by atomic mass is 35.5. The second-order valence-corrected chi connectivity index (χ2v) is 3.81. The van der Waals surface area contributed by atoms with Gasteiger partial charge in [0.25, 0.3) is 5.69 Å². The molecule has 5 heteroatoms. The second-order valence-electron chi connectivity index (χ2n) is 3.37. The number of hydrogen-bond acceptors (Lipinski definition) is 3. The first-order valence-corrected chi connectivity index (χ1v) is 5.06. The van der Waals surface area contributed by atoms with Gasteiger partial charge in [0.1, 0.15) is 5.69 Å². The van der Waals surface area contributed by atoms with E-state index in [2.05, 4.69) is 11.2 Å². The van der Waals surface area contributed by atoms with Crippen LogP contribution in [0.5, 0.6) is 0 Å². The van der Waals surface area contributed by atoms with Crippen LogP contribution in [0.3, 0.4) is 0 Å². The minimum absolute atomic E-state index is 0.00623. The molecule has 16 heavy (non-hydrogen) atoms. The van der Waals surface area contributed by atoms with Gasteiger partial charge in [0.05, 0.1) is 4.92 Å². The van der Waals surface area contributed by atoms with E-state index in [1.54, 1.807) is 0 Å². The number of nitrogens with one attached hydrogen (secondary N) is 1. The van der Waals surface area contributed by atoms with E-state index in [0.29, 0.717) is 17.1 Å². The van der Waals surface area contributed by atoms with Crippen molar-refractivity contribution in [2.45, 2.75) is 19.4 Å². The Morgan fingerprint density at radius 1 is 1.69 bits per heavy atom. The van der Waals surface area contributed by atoms with Crippen LogP contribution < -0.4 is 5.32 Å². The molecule has 1 unspecified atom stereocenters. The zero-order valence-corrected chi connectivity index (χ0v) is 9.49. The quantitative estimate of drug-likeness (QED) is 0.498. The molecule has 1 N–H and O–H groups in total. The molecule has 1 aromatic carbocycles. The highest BCUT2D eigenvalue weighted by Gasteiger charge is 2.15. The predicted molar refractivity (Wildman–Crippen MR) is 64.6 cm³/mol. The Kier molecular flexibility index (Phi) is 4.15. The summed E-state index contributed by atoms with van der Waals surface area (Å²) in [6, 6.07) is 4.33. The second kappa shape index (κ2) is 5.38. The van der Waals surface area contributed by atoms with Crippen LogP contribution in [0.1, 0.15) is 13.3 Å². The molecule has 0 radical (unpaired) electrons. The fourth-order valence-electron chi connectivity index (χ4n) is 1.28. The summed E-state index contributed by atoms with van der Waals surface area (Å²) < 4.78 is 0. The normalized spacial score (nSPS) is 11.6. The molecular weight excluding hydrogens is 228 g/mol. The van der Waals surface area contributed by atoms with Gasteiger partial charge >= 0.3 is 0 Å². The maximum atomic E-state index is 10.8. The molecule has 0 saturated carbocycles. The number of hydrogen-bond donors (Lipinski definition) is 1. The molecule has 4 nitrogen and oxygen atoms in total. The van der Waals surface area contributed by atoms with Crippen LogP contribution in [0, 0.1) is 22.5 Å². The lowest BCUT2D eigenvalue weighted by atomic mass is 10.2. The van der Waals surface area contributed by atoms with Gasteiger partial charge in [0.15, 0.2) is 0 Å². The lowest BCUT2D eigenvalue weighted by Gasteiger charge is -2.12. The molecule has 0 amide bonds. The Balaban J connectivity index is 2.97. The monoisotopic (exact) mass is 238 g/mol. The molecule has 1 atom stereocenters. The fraction of sp³-hybridized carbons (Fsp3) is 0.273. The van der Waals surface area contributed by atoms with Crippen molar-refractivity contribution < 1.29 is 4.92 Å². The summed E-state index contributed by atoms with van der Waals surface area (Å²) in [6.45, 7) is 1.85. The summed E-state index contributed by atoms with van der Waals surface area (Å²) >= 11 is 5.78. The fourth-order valence-corrected chi connectivity index (χ4v) is 1.45. The van der Waals surface area contributed by atoms with Crippen molar-refractivity contribution >= 4 is 23.0 Å². The van der Waals surface area contributed by atoms with Crippen LogP contribution in [0.15, 0.2) is 18.2 Å². The van der Waals surface area contributed by atoms with E-state index in [1.165, 1.54) is 18.2 Å². The van der Waals surface area contributed by atoms with E-state index in [-0.39, 0.29) is 11.7 Å². The molecule has 0 fully saturated rings. The van der Waals surface area contributed by atoms with Gasteiger partial charge in [-0.05, 0) is 19.1 Å². The Bertz CT molecular complexity index is 440. The van der Waals surface area contributed by atoms with E-state index in [0.717, 1.165) is 0 Å². The Morgan fingerprint density at radius 3 is 2.94 bits per heavy atom. The number of nitrogens with zero attached hydrogens (tertiary/aromatic N) is 1. The molecule has 84 valence electrons. The zero-order valence-electron chi connectivity index (χ0n) is 8.74. The number of terminal acetylenes is 1. The maximum absolute atomic E-state index is 10.8. The average molecular weight is 239 g/mol. The molecular formula is C11H11ClN2O2. The molecule has 0 heterocycles. The number of nitro benzene ring substituents is 1. The van der Waals surface area contributed by atoms with E-state index in [4.69, 9.17) is 18.0 Å². The van der Waals surface area contributed by atoms with Crippen LogP contribution in [0.25, 0.3) is 0 Å². The third-order valence-electron chi connectivity index (χ3n) is 1.98. The Hall–Kier alpha value is -1.73. The molecule has 0 aliphatic carbocycles. The SMILES string of the molecule is C#CCC(C)Nc1cc(Cl)ccc1[N+](=O)[O-]. The Morgan fingerprint density at radius 2 is 2.38 bits per heavy atom. The van der Waals surface area contributed by atoms with Crippen LogP contribution in [0.2, 0.25) is 5.02 Å². The van der Waals surface area contributed by atoms with Gasteiger partial charge in [-0.1, -0.05) is 11.6 Å². The lowest BCUT2D eigenvalue weighted by molar-refractivity contribution is -0.384. The number of rotatable bonds is 4. The van der Waals surface area contributed by atoms with E-state index >= 15 is 0 Å². The summed E-state index contributed by atoms with van der Waals surface area (Å²) in [5.74, 6) is 2.49. The number of nitro groups is 1. The third kappa shape index (κ3) is 3.14. The largest absolute Gasteiger partial charge is 0.376 e. The Labute approximate surface area is 98.8 Å². The third-order valence-corrected chi connectivity index (χ3v) is 2.22. The van der Waals surface area contributed by atoms with Crippen molar-refractivity contribution in [1.82, 2.24) is 0 Å². The van der Waals surface area contributed by atoms with Gasteiger partial charge < -0.3 is 5.32 Å². The smallest absolute Gasteiger partial charge is 0.292 e. The first-order valence-electron chi connectivity index (χ1n) is 4.68. The van der Waals surface area contributed by atoms with E-state index in [9.17, 15) is 10.1 Å². The topological polar surface area (TPSA) is 55.2 Å². The minimum atomic E-state index is -0.457. The summed E-state index contributed by atoms with van der Waals surface area (Å²) in [5, 5.41) is 14.2. The first kappa shape index (κ1) is 12.3. The molecule has 0 bridgehead atoms. The van der Waals surface area contributed by atoms with Crippen molar-refractivity contribution in [1.29, 1.82) is 0 Å². The minimum Gasteiger partial charge on any atom is -0.376 e. The predicted octanol–water partition coefficient (Wildman–Crippen LogP) is 3.07. The summed E-state index contributed by atoms with van der Waals surface area (Å²) in [6.07, 6.45) is 5.65. The van der Waals surface area contributed by atoms with Gasteiger partial charge in [-0.2, -0.15) is 0 Å². The highest BCUT2D eigenvalue weighted by molar-refractivity contribution is 6.31. The van der Waals surface area contributed by atoms with Gasteiger partial charge in [0, 0.05) is 23.6 Å². The molecule has 1 rings (SSSR count). The van der Waals surface area contributed by atoms with E-state index < -0.39 is 4.92 Å². The van der Waals surface area contributed by atoms with Gasteiger partial charge in [-0.3, -0.25) is 10.1 Å². The van der Waals surface area contributed by atoms with Gasteiger partial charge in [-0.15, -0.1) is 12.3 Å². The zero-order chi connectivity index (χ0) is 12.1. The van der Waals surface area contributed by atoms with Crippen LogP contribution in [0.4, 0.5) is 11.4 Å². The van der Waals surface area contributed by atoms with Crippen molar-refractivity contribution in [2.24, 2.45) is 0 Å². The van der Waals surface area contributed by atoms with E-state index in [1.807, 2.05) is 6.92 Å². The van der Waals surface area contributed by atoms with Crippen LogP contribution in [-0.2, 0) is 0 Å². The van der Waals surface area contributed by atoms with Crippen LogP contribution >= 0.6 is 11.6 Å². The highest BCUT2D eigenvalue weighted by Crippen LogP contribution is 2.28. The lowest BCUT2D eigenvalue weighted by Crippen LogP contribution is -2.15. The number of anilines is 1. The molecule has 0 saturated heterocycles. The first-order chi connectivity index (χ1) is 7.54. The summed E-state index contributed by atoms with van der Waals surface area (Å²) in [4.78, 5) is 10.3. The molecule has 0 aromatic heterocycles. The van der Waals surface area contributed by atoms with Crippen LogP contribution in [-0.4, -0.2) is 11.0 Å². The summed E-state index contributed by atoms with van der Waals surface area (Å²) in [5.41, 5.74) is 0.383.